The molecule has 1 fully saturated rings. The van der Waals surface area contributed by atoms with Gasteiger partial charge in [-0.1, -0.05) is 18.8 Å². The molecule has 2 aliphatic rings. The molecule has 0 unspecified atom stereocenters. The predicted molar refractivity (Wildman–Crippen MR) is 114 cm³/mol. The van der Waals surface area contributed by atoms with E-state index in [-0.39, 0.29) is 17.9 Å². The number of hydrogen-bond acceptors (Lipinski definition) is 4. The van der Waals surface area contributed by atoms with Gasteiger partial charge >= 0.3 is 0 Å². The second-order valence-electron chi connectivity index (χ2n) is 7.66. The topological polar surface area (TPSA) is 88.4 Å². The minimum atomic E-state index is -0.0533. The molecule has 0 atom stereocenters. The second kappa shape index (κ2) is 7.12. The minimum absolute atomic E-state index is 0.0533. The molecule has 1 saturated carbocycles. The van der Waals surface area contributed by atoms with E-state index in [9.17, 15) is 0 Å². The normalized spacial score (nSPS) is 16.3. The van der Waals surface area contributed by atoms with Gasteiger partial charge in [0.15, 0.2) is 0 Å². The van der Waals surface area contributed by atoms with Crippen molar-refractivity contribution in [1.82, 2.24) is 0 Å². The van der Waals surface area contributed by atoms with Crippen LogP contribution in [0.15, 0.2) is 36.4 Å². The molecule has 1 aliphatic heterocycles. The number of hydrogen-bond donors (Lipinski definition) is 3. The van der Waals surface area contributed by atoms with Crippen molar-refractivity contribution in [3.63, 3.8) is 0 Å². The molecule has 1 heterocycles. The first-order valence-electron chi connectivity index (χ1n) is 9.76. The maximum atomic E-state index is 7.68. The van der Waals surface area contributed by atoms with Crippen molar-refractivity contribution in [3.05, 3.63) is 47.5 Å². The molecule has 0 bridgehead atoms. The van der Waals surface area contributed by atoms with E-state index in [0.717, 1.165) is 30.0 Å². The van der Waals surface area contributed by atoms with Crippen LogP contribution < -0.4 is 21.1 Å². The third-order valence-electron chi connectivity index (χ3n) is 5.99. The molecule has 1 spiro atoms. The maximum Gasteiger partial charge on any atom is 0.148 e. The average molecular weight is 374 g/mol. The van der Waals surface area contributed by atoms with Crippen molar-refractivity contribution >= 4 is 22.9 Å². The molecule has 5 heteroatoms. The number of nitrogens with zero attached hydrogens (tertiary/aromatic N) is 1. The van der Waals surface area contributed by atoms with Gasteiger partial charge in [-0.05, 0) is 60.4 Å². The largest absolute Gasteiger partial charge is 0.481 e. The van der Waals surface area contributed by atoms with E-state index in [0.29, 0.717) is 13.0 Å². The monoisotopic (exact) mass is 374 g/mol. The Hall–Kier alpha value is -3.13. The Labute approximate surface area is 166 Å². The molecule has 5 N–H and O–H groups in total. The summed E-state index contributed by atoms with van der Waals surface area (Å²) in [7, 11) is 0. The molecule has 1 aliphatic carbocycles. The van der Waals surface area contributed by atoms with Gasteiger partial charge in [0.2, 0.25) is 0 Å². The van der Waals surface area contributed by atoms with E-state index in [1.807, 2.05) is 12.1 Å². The summed E-state index contributed by atoms with van der Waals surface area (Å²) in [5.74, 6) is 3.52. The first-order valence-corrected chi connectivity index (χ1v) is 9.76. The van der Waals surface area contributed by atoms with Crippen LogP contribution in [0, 0.1) is 17.8 Å². The van der Waals surface area contributed by atoms with Gasteiger partial charge in [-0.3, -0.25) is 5.41 Å². The number of terminal acetylenes is 1. The summed E-state index contributed by atoms with van der Waals surface area (Å²) in [6, 6.07) is 12.4. The standard InChI is InChI=1S/C23H26N4O/c1-2-13-28-17-6-8-21-19(15-17)23(10-3-4-11-23)18-14-16(24)5-7-20(18)27(21)12-9-22(25)26/h1,5-8,14-15H,3-4,9-13,24H2,(H3,25,26). The number of nitrogen functional groups attached to an aromatic ring is 1. The van der Waals surface area contributed by atoms with Gasteiger partial charge in [-0.25, -0.2) is 0 Å². The minimum Gasteiger partial charge on any atom is -0.481 e. The Morgan fingerprint density at radius 3 is 2.50 bits per heavy atom. The second-order valence-corrected chi connectivity index (χ2v) is 7.66. The van der Waals surface area contributed by atoms with E-state index in [2.05, 4.69) is 35.1 Å². The molecule has 0 aromatic heterocycles. The first-order chi connectivity index (χ1) is 13.5. The molecule has 2 aromatic rings. The van der Waals surface area contributed by atoms with Gasteiger partial charge in [0.05, 0.1) is 5.84 Å². The molecule has 0 radical (unpaired) electrons. The number of benzene rings is 2. The lowest BCUT2D eigenvalue weighted by molar-refractivity contribution is 0.368. The fraction of sp³-hybridized carbons (Fsp3) is 0.348. The number of nitrogens with one attached hydrogen (secondary N) is 1. The number of rotatable bonds is 5. The van der Waals surface area contributed by atoms with Crippen molar-refractivity contribution < 1.29 is 4.74 Å². The van der Waals surface area contributed by atoms with Gasteiger partial charge in [-0.2, -0.15) is 0 Å². The fourth-order valence-electron chi connectivity index (χ4n) is 4.79. The van der Waals surface area contributed by atoms with E-state index in [4.69, 9.17) is 28.0 Å². The van der Waals surface area contributed by atoms with Crippen LogP contribution in [0.5, 0.6) is 5.75 Å². The average Bonchev–Trinajstić information content (AvgIpc) is 3.17. The summed E-state index contributed by atoms with van der Waals surface area (Å²) in [6.45, 7) is 0.906. The SMILES string of the molecule is C#CCOc1ccc2c(c1)C1(CCCC1)c1cc(N)ccc1N2CCC(=N)N. The highest BCUT2D eigenvalue weighted by atomic mass is 16.5. The van der Waals surface area contributed by atoms with Crippen LogP contribution >= 0.6 is 0 Å². The van der Waals surface area contributed by atoms with Gasteiger partial charge in [0, 0.05) is 35.4 Å². The Bertz CT molecular complexity index is 954. The summed E-state index contributed by atoms with van der Waals surface area (Å²) in [5.41, 5.74) is 17.5. The Morgan fingerprint density at radius 2 is 1.82 bits per heavy atom. The van der Waals surface area contributed by atoms with E-state index in [1.54, 1.807) is 0 Å². The third kappa shape index (κ3) is 2.95. The highest BCUT2D eigenvalue weighted by molar-refractivity contribution is 5.83. The smallest absolute Gasteiger partial charge is 0.148 e. The van der Waals surface area contributed by atoms with Gasteiger partial charge < -0.3 is 21.1 Å². The van der Waals surface area contributed by atoms with Crippen molar-refractivity contribution in [1.29, 1.82) is 5.41 Å². The summed E-state index contributed by atoms with van der Waals surface area (Å²) in [5, 5.41) is 7.68. The van der Waals surface area contributed by atoms with Crippen LogP contribution in [0.2, 0.25) is 0 Å². The van der Waals surface area contributed by atoms with Gasteiger partial charge in [0.25, 0.3) is 0 Å². The van der Waals surface area contributed by atoms with Crippen molar-refractivity contribution in [2.45, 2.75) is 37.5 Å². The quantitative estimate of drug-likeness (QED) is 0.320. The van der Waals surface area contributed by atoms with Crippen molar-refractivity contribution in [3.8, 4) is 18.1 Å². The Balaban J connectivity index is 1.89. The zero-order chi connectivity index (χ0) is 19.7. The number of nitrogens with two attached hydrogens (primary N) is 2. The number of ether oxygens (including phenoxy) is 1. The van der Waals surface area contributed by atoms with E-state index < -0.39 is 0 Å². The van der Waals surface area contributed by atoms with Crippen LogP contribution in [0.3, 0.4) is 0 Å². The van der Waals surface area contributed by atoms with Crippen LogP contribution in [-0.4, -0.2) is 19.0 Å². The molecule has 2 aromatic carbocycles. The molecular formula is C23H26N4O. The molecule has 4 rings (SSSR count). The highest BCUT2D eigenvalue weighted by Crippen LogP contribution is 2.57. The summed E-state index contributed by atoms with van der Waals surface area (Å²) in [4.78, 5) is 2.26. The molecule has 28 heavy (non-hydrogen) atoms. The lowest BCUT2D eigenvalue weighted by Gasteiger charge is -2.44. The molecule has 144 valence electrons. The lowest BCUT2D eigenvalue weighted by atomic mass is 9.69. The zero-order valence-corrected chi connectivity index (χ0v) is 16.0. The summed E-state index contributed by atoms with van der Waals surface area (Å²) < 4.78 is 5.74. The number of anilines is 3. The molecule has 5 nitrogen and oxygen atoms in total. The first kappa shape index (κ1) is 18.2. The van der Waals surface area contributed by atoms with Gasteiger partial charge in [-0.15, -0.1) is 6.42 Å². The van der Waals surface area contributed by atoms with E-state index in [1.165, 1.54) is 29.7 Å². The number of fused-ring (bicyclic) bond motifs is 4. The van der Waals surface area contributed by atoms with Crippen LogP contribution in [0.25, 0.3) is 0 Å². The highest BCUT2D eigenvalue weighted by Gasteiger charge is 2.45. The summed E-state index contributed by atoms with van der Waals surface area (Å²) in [6.07, 6.45) is 10.4. The molecular weight excluding hydrogens is 348 g/mol. The maximum absolute atomic E-state index is 7.68. The fourth-order valence-corrected chi connectivity index (χ4v) is 4.79. The molecule has 0 saturated heterocycles. The number of amidine groups is 1. The Morgan fingerprint density at radius 1 is 1.14 bits per heavy atom. The molecule has 0 amide bonds. The van der Waals surface area contributed by atoms with Crippen molar-refractivity contribution in [2.75, 3.05) is 23.8 Å². The third-order valence-corrected chi connectivity index (χ3v) is 5.99. The van der Waals surface area contributed by atoms with Crippen molar-refractivity contribution in [2.24, 2.45) is 5.73 Å². The van der Waals surface area contributed by atoms with Gasteiger partial charge in [0.1, 0.15) is 12.4 Å². The van der Waals surface area contributed by atoms with E-state index >= 15 is 0 Å². The lowest BCUT2D eigenvalue weighted by Crippen LogP contribution is -2.36. The predicted octanol–water partition coefficient (Wildman–Crippen LogP) is 3.92. The zero-order valence-electron chi connectivity index (χ0n) is 16.0. The van der Waals surface area contributed by atoms with Crippen LogP contribution in [0.1, 0.15) is 43.2 Å². The van der Waals surface area contributed by atoms with Crippen LogP contribution in [-0.2, 0) is 5.41 Å². The Kier molecular flexibility index (Phi) is 4.64. The summed E-state index contributed by atoms with van der Waals surface area (Å²) >= 11 is 0. The van der Waals surface area contributed by atoms with Crippen LogP contribution in [0.4, 0.5) is 17.1 Å².